The number of aliphatic hydroxyl groups is 1. The van der Waals surface area contributed by atoms with Gasteiger partial charge in [-0.3, -0.25) is 0 Å². The van der Waals surface area contributed by atoms with Crippen LogP contribution in [0, 0.1) is 0 Å². The highest BCUT2D eigenvalue weighted by Crippen LogP contribution is 2.15. The summed E-state index contributed by atoms with van der Waals surface area (Å²) in [6.07, 6.45) is 2.64. The third-order valence-electron chi connectivity index (χ3n) is 2.15. The van der Waals surface area contributed by atoms with Crippen LogP contribution in [0.15, 0.2) is 0 Å². The molecule has 1 aliphatic heterocycles. The van der Waals surface area contributed by atoms with Gasteiger partial charge in [-0.25, -0.2) is 0 Å². The zero-order chi connectivity index (χ0) is 9.52. The molecule has 0 aromatic carbocycles. The zero-order valence-corrected chi connectivity index (χ0v) is 8.50. The maximum Gasteiger partial charge on any atom is 0.103 e. The van der Waals surface area contributed by atoms with Crippen molar-refractivity contribution >= 4 is 11.6 Å². The van der Waals surface area contributed by atoms with Gasteiger partial charge in [0.1, 0.15) is 6.10 Å². The number of rotatable bonds is 5. The van der Waals surface area contributed by atoms with Gasteiger partial charge < -0.3 is 14.6 Å². The topological polar surface area (TPSA) is 38.7 Å². The van der Waals surface area contributed by atoms with Crippen LogP contribution in [0.5, 0.6) is 0 Å². The highest BCUT2D eigenvalue weighted by molar-refractivity contribution is 6.17. The second-order valence-corrected chi connectivity index (χ2v) is 3.61. The van der Waals surface area contributed by atoms with Crippen molar-refractivity contribution < 1.29 is 14.6 Å². The number of hydrogen-bond donors (Lipinski definition) is 1. The van der Waals surface area contributed by atoms with E-state index in [4.69, 9.17) is 21.1 Å². The fraction of sp³-hybridized carbons (Fsp3) is 1.00. The average Bonchev–Trinajstić information content (AvgIpc) is 2.19. The van der Waals surface area contributed by atoms with Crippen LogP contribution in [0.1, 0.15) is 19.3 Å². The molecule has 0 amide bonds. The van der Waals surface area contributed by atoms with Gasteiger partial charge in [0, 0.05) is 12.5 Å². The van der Waals surface area contributed by atoms with Crippen molar-refractivity contribution in [2.75, 3.05) is 25.7 Å². The molecule has 1 fully saturated rings. The van der Waals surface area contributed by atoms with Gasteiger partial charge in [0.2, 0.25) is 0 Å². The maximum atomic E-state index is 9.61. The molecule has 0 aliphatic carbocycles. The molecule has 0 spiro atoms. The first kappa shape index (κ1) is 11.2. The third-order valence-corrected chi connectivity index (χ3v) is 2.31. The van der Waals surface area contributed by atoms with Crippen LogP contribution in [0.2, 0.25) is 0 Å². The van der Waals surface area contributed by atoms with E-state index < -0.39 is 6.10 Å². The summed E-state index contributed by atoms with van der Waals surface area (Å²) in [5, 5.41) is 9.61. The molecule has 3 nitrogen and oxygen atoms in total. The van der Waals surface area contributed by atoms with E-state index in [1.54, 1.807) is 0 Å². The quantitative estimate of drug-likeness (QED) is 0.545. The van der Waals surface area contributed by atoms with E-state index in [0.717, 1.165) is 25.9 Å². The Morgan fingerprint density at radius 3 is 3.00 bits per heavy atom. The second kappa shape index (κ2) is 6.60. The van der Waals surface area contributed by atoms with Crippen LogP contribution >= 0.6 is 11.6 Å². The van der Waals surface area contributed by atoms with E-state index in [1.807, 2.05) is 0 Å². The van der Waals surface area contributed by atoms with E-state index in [1.165, 1.54) is 0 Å². The highest BCUT2D eigenvalue weighted by Gasteiger charge is 2.22. The lowest BCUT2D eigenvalue weighted by Gasteiger charge is -2.26. The fourth-order valence-corrected chi connectivity index (χ4v) is 1.54. The molecule has 1 saturated heterocycles. The molecule has 1 rings (SSSR count). The number of alkyl halides is 1. The first-order valence-corrected chi connectivity index (χ1v) is 5.31. The summed E-state index contributed by atoms with van der Waals surface area (Å²) in [5.74, 6) is 0.470. The van der Waals surface area contributed by atoms with Crippen LogP contribution in [0.25, 0.3) is 0 Å². The fourth-order valence-electron chi connectivity index (χ4n) is 1.44. The van der Waals surface area contributed by atoms with Crippen LogP contribution < -0.4 is 0 Å². The molecule has 13 heavy (non-hydrogen) atoms. The van der Waals surface area contributed by atoms with E-state index in [-0.39, 0.29) is 6.10 Å². The molecule has 0 radical (unpaired) electrons. The van der Waals surface area contributed by atoms with Gasteiger partial charge in [-0.05, 0) is 19.3 Å². The minimum absolute atomic E-state index is 0.0379. The summed E-state index contributed by atoms with van der Waals surface area (Å²) < 4.78 is 10.5. The van der Waals surface area contributed by atoms with Gasteiger partial charge in [0.05, 0.1) is 19.3 Å². The predicted molar refractivity (Wildman–Crippen MR) is 51.1 cm³/mol. The van der Waals surface area contributed by atoms with Crippen molar-refractivity contribution in [3.8, 4) is 0 Å². The summed E-state index contributed by atoms with van der Waals surface area (Å²) in [6, 6.07) is 0. The summed E-state index contributed by atoms with van der Waals surface area (Å²) in [5.41, 5.74) is 0. The standard InChI is InChI=1S/C9H17ClO3/c10-4-6-12-7-8(11)9-3-1-2-5-13-9/h8-9,11H,1-7H2. The van der Waals surface area contributed by atoms with Gasteiger partial charge in [-0.15, -0.1) is 11.6 Å². The van der Waals surface area contributed by atoms with E-state index in [2.05, 4.69) is 0 Å². The van der Waals surface area contributed by atoms with Crippen LogP contribution in [-0.4, -0.2) is 43.0 Å². The Labute approximate surface area is 84.0 Å². The average molecular weight is 209 g/mol. The molecular weight excluding hydrogens is 192 g/mol. The second-order valence-electron chi connectivity index (χ2n) is 3.24. The molecule has 2 atom stereocenters. The monoisotopic (exact) mass is 208 g/mol. The molecule has 0 aromatic heterocycles. The van der Waals surface area contributed by atoms with Crippen LogP contribution in [0.3, 0.4) is 0 Å². The first-order chi connectivity index (χ1) is 6.34. The Hall–Kier alpha value is 0.170. The van der Waals surface area contributed by atoms with Gasteiger partial charge in [-0.1, -0.05) is 0 Å². The van der Waals surface area contributed by atoms with E-state index in [9.17, 15) is 5.11 Å². The van der Waals surface area contributed by atoms with Gasteiger partial charge >= 0.3 is 0 Å². The minimum Gasteiger partial charge on any atom is -0.388 e. The summed E-state index contributed by atoms with van der Waals surface area (Å²) >= 11 is 5.43. The molecule has 1 aliphatic rings. The molecule has 0 saturated carbocycles. The predicted octanol–water partition coefficient (Wildman–Crippen LogP) is 1.17. The minimum atomic E-state index is -0.497. The summed E-state index contributed by atoms with van der Waals surface area (Å²) in [4.78, 5) is 0. The molecular formula is C9H17ClO3. The smallest absolute Gasteiger partial charge is 0.103 e. The molecule has 1 N–H and O–H groups in total. The summed E-state index contributed by atoms with van der Waals surface area (Å²) in [6.45, 7) is 1.58. The van der Waals surface area contributed by atoms with Crippen LogP contribution in [0.4, 0.5) is 0 Å². The van der Waals surface area contributed by atoms with Crippen molar-refractivity contribution in [3.63, 3.8) is 0 Å². The van der Waals surface area contributed by atoms with E-state index >= 15 is 0 Å². The number of ether oxygens (including phenoxy) is 2. The lowest BCUT2D eigenvalue weighted by Crippen LogP contribution is -2.35. The van der Waals surface area contributed by atoms with Gasteiger partial charge in [0.25, 0.3) is 0 Å². The van der Waals surface area contributed by atoms with E-state index in [0.29, 0.717) is 19.1 Å². The van der Waals surface area contributed by atoms with Gasteiger partial charge in [-0.2, -0.15) is 0 Å². The Bertz CT molecular complexity index is 126. The normalized spacial score (nSPS) is 25.8. The lowest BCUT2D eigenvalue weighted by atomic mass is 10.1. The van der Waals surface area contributed by atoms with Crippen molar-refractivity contribution in [2.24, 2.45) is 0 Å². The SMILES string of the molecule is OC(COCCCl)C1CCCCO1. The Morgan fingerprint density at radius 2 is 2.38 bits per heavy atom. The molecule has 0 aromatic rings. The van der Waals surface area contributed by atoms with Crippen molar-refractivity contribution in [1.82, 2.24) is 0 Å². The number of halogens is 1. The summed E-state index contributed by atoms with van der Waals surface area (Å²) in [7, 11) is 0. The number of hydrogen-bond acceptors (Lipinski definition) is 3. The van der Waals surface area contributed by atoms with Crippen molar-refractivity contribution in [3.05, 3.63) is 0 Å². The zero-order valence-electron chi connectivity index (χ0n) is 7.75. The highest BCUT2D eigenvalue weighted by atomic mass is 35.5. The Morgan fingerprint density at radius 1 is 1.54 bits per heavy atom. The maximum absolute atomic E-state index is 9.61. The lowest BCUT2D eigenvalue weighted by molar-refractivity contribution is -0.0883. The molecule has 4 heteroatoms. The molecule has 78 valence electrons. The number of aliphatic hydroxyl groups excluding tert-OH is 1. The largest absolute Gasteiger partial charge is 0.388 e. The molecule has 0 bridgehead atoms. The van der Waals surface area contributed by atoms with Crippen molar-refractivity contribution in [2.45, 2.75) is 31.5 Å². The van der Waals surface area contributed by atoms with Gasteiger partial charge in [0.15, 0.2) is 0 Å². The molecule has 1 heterocycles. The van der Waals surface area contributed by atoms with Crippen molar-refractivity contribution in [1.29, 1.82) is 0 Å². The third kappa shape index (κ3) is 4.27. The molecule has 2 unspecified atom stereocenters. The van der Waals surface area contributed by atoms with Crippen LogP contribution in [-0.2, 0) is 9.47 Å². The Kier molecular flexibility index (Phi) is 5.71. The first-order valence-electron chi connectivity index (χ1n) is 4.78. The Balaban J connectivity index is 2.09.